The first kappa shape index (κ1) is 16.8. The van der Waals surface area contributed by atoms with E-state index in [4.69, 9.17) is 4.98 Å². The Bertz CT molecular complexity index is 937. The number of likely N-dealkylation sites (tertiary alicyclic amines) is 1. The number of carbonyl (C=O) groups excluding carboxylic acids is 1. The molecule has 5 heteroatoms. The van der Waals surface area contributed by atoms with Crippen LogP contribution in [0.4, 0.5) is 0 Å². The Kier molecular flexibility index (Phi) is 4.23. The van der Waals surface area contributed by atoms with Crippen LogP contribution >= 0.6 is 0 Å². The van der Waals surface area contributed by atoms with Crippen molar-refractivity contribution >= 4 is 16.9 Å². The largest absolute Gasteiger partial charge is 0.332 e. The average Bonchev–Trinajstić information content (AvgIpc) is 2.98. The third-order valence-electron chi connectivity index (χ3n) is 5.36. The number of aryl methyl sites for hydroxylation is 1. The average molecular weight is 348 g/mol. The van der Waals surface area contributed by atoms with Gasteiger partial charge in [-0.2, -0.15) is 5.10 Å². The van der Waals surface area contributed by atoms with Crippen LogP contribution in [-0.4, -0.2) is 37.7 Å². The Morgan fingerprint density at radius 1 is 1.04 bits per heavy atom. The second-order valence-electron chi connectivity index (χ2n) is 7.24. The number of benzene rings is 1. The van der Waals surface area contributed by atoms with Crippen molar-refractivity contribution in [2.75, 3.05) is 0 Å². The molecule has 3 heterocycles. The number of nitrogens with zero attached hydrogens (tertiary/aromatic N) is 4. The lowest BCUT2D eigenvalue weighted by Crippen LogP contribution is -2.47. The molecular weight excluding hydrogens is 324 g/mol. The minimum atomic E-state index is 0.0186. The van der Waals surface area contributed by atoms with Gasteiger partial charge < -0.3 is 4.90 Å². The van der Waals surface area contributed by atoms with E-state index in [1.54, 1.807) is 0 Å². The smallest absolute Gasteiger partial charge is 0.273 e. The van der Waals surface area contributed by atoms with Gasteiger partial charge in [0.1, 0.15) is 5.69 Å². The van der Waals surface area contributed by atoms with Crippen LogP contribution in [0, 0.1) is 6.92 Å². The van der Waals surface area contributed by atoms with Gasteiger partial charge in [0.15, 0.2) is 5.65 Å². The zero-order valence-electron chi connectivity index (χ0n) is 15.5. The highest BCUT2D eigenvalue weighted by molar-refractivity contribution is 5.95. The first-order valence-corrected chi connectivity index (χ1v) is 9.30. The van der Waals surface area contributed by atoms with E-state index in [0.29, 0.717) is 5.69 Å². The summed E-state index contributed by atoms with van der Waals surface area (Å²) in [6.07, 6.45) is 3.29. The minimum Gasteiger partial charge on any atom is -0.332 e. The SMILES string of the molecule is Cc1nn(-c2ccccc2)c2nc(C(=O)N3[C@H](C)CCC[C@@H]3C)ccc12. The molecule has 0 bridgehead atoms. The van der Waals surface area contributed by atoms with Crippen LogP contribution in [0.2, 0.25) is 0 Å². The molecule has 3 aromatic rings. The highest BCUT2D eigenvalue weighted by atomic mass is 16.2. The molecule has 1 aromatic carbocycles. The van der Waals surface area contributed by atoms with Crippen molar-refractivity contribution in [3.63, 3.8) is 0 Å². The first-order valence-electron chi connectivity index (χ1n) is 9.30. The molecule has 1 aliphatic heterocycles. The lowest BCUT2D eigenvalue weighted by Gasteiger charge is -2.38. The van der Waals surface area contributed by atoms with Gasteiger partial charge in [0, 0.05) is 17.5 Å². The minimum absolute atomic E-state index is 0.0186. The molecule has 26 heavy (non-hydrogen) atoms. The Morgan fingerprint density at radius 3 is 2.42 bits per heavy atom. The topological polar surface area (TPSA) is 51.0 Å². The summed E-state index contributed by atoms with van der Waals surface area (Å²) in [5.41, 5.74) is 3.09. The second-order valence-corrected chi connectivity index (χ2v) is 7.24. The molecule has 5 nitrogen and oxygen atoms in total. The highest BCUT2D eigenvalue weighted by Gasteiger charge is 2.30. The molecule has 0 radical (unpaired) electrons. The van der Waals surface area contributed by atoms with E-state index in [0.717, 1.165) is 35.3 Å². The van der Waals surface area contributed by atoms with Crippen LogP contribution in [0.3, 0.4) is 0 Å². The number of hydrogen-bond acceptors (Lipinski definition) is 3. The lowest BCUT2D eigenvalue weighted by molar-refractivity contribution is 0.0505. The summed E-state index contributed by atoms with van der Waals surface area (Å²) >= 11 is 0. The first-order chi connectivity index (χ1) is 12.6. The number of hydrogen-bond donors (Lipinski definition) is 0. The number of aromatic nitrogens is 3. The quantitative estimate of drug-likeness (QED) is 0.699. The summed E-state index contributed by atoms with van der Waals surface area (Å²) in [6.45, 7) is 6.23. The standard InChI is InChI=1S/C21H24N4O/c1-14-8-7-9-15(2)24(14)21(26)19-13-12-18-16(3)23-25(20(18)22-19)17-10-5-4-6-11-17/h4-6,10-15H,7-9H2,1-3H3/t14-,15+. The maximum Gasteiger partial charge on any atom is 0.273 e. The molecule has 134 valence electrons. The molecule has 2 aromatic heterocycles. The van der Waals surface area contributed by atoms with Gasteiger partial charge in [0.25, 0.3) is 5.91 Å². The Hall–Kier alpha value is -2.69. The van der Waals surface area contributed by atoms with E-state index in [2.05, 4.69) is 18.9 Å². The number of fused-ring (bicyclic) bond motifs is 1. The van der Waals surface area contributed by atoms with E-state index in [1.165, 1.54) is 6.42 Å². The van der Waals surface area contributed by atoms with Crippen molar-refractivity contribution in [1.29, 1.82) is 0 Å². The van der Waals surface area contributed by atoms with Gasteiger partial charge in [-0.1, -0.05) is 18.2 Å². The van der Waals surface area contributed by atoms with Crippen molar-refractivity contribution in [3.05, 3.63) is 53.9 Å². The molecule has 0 N–H and O–H groups in total. The third-order valence-corrected chi connectivity index (χ3v) is 5.36. The number of rotatable bonds is 2. The predicted octanol–water partition coefficient (Wildman–Crippen LogP) is 4.13. The van der Waals surface area contributed by atoms with Gasteiger partial charge >= 0.3 is 0 Å². The van der Waals surface area contributed by atoms with Crippen LogP contribution in [0.5, 0.6) is 0 Å². The van der Waals surface area contributed by atoms with Gasteiger partial charge in [-0.3, -0.25) is 4.79 Å². The maximum atomic E-state index is 13.2. The summed E-state index contributed by atoms with van der Waals surface area (Å²) < 4.78 is 1.82. The molecular formula is C21H24N4O. The van der Waals surface area contributed by atoms with Crippen LogP contribution < -0.4 is 0 Å². The molecule has 2 atom stereocenters. The Labute approximate surface area is 153 Å². The number of carbonyl (C=O) groups is 1. The zero-order chi connectivity index (χ0) is 18.3. The van der Waals surface area contributed by atoms with E-state index in [9.17, 15) is 4.79 Å². The summed E-state index contributed by atoms with van der Waals surface area (Å²) in [7, 11) is 0. The third kappa shape index (κ3) is 2.77. The molecule has 1 amide bonds. The summed E-state index contributed by atoms with van der Waals surface area (Å²) in [5, 5.41) is 5.61. The molecule has 1 aliphatic rings. The lowest BCUT2D eigenvalue weighted by atomic mass is 9.97. The number of piperidine rings is 1. The van der Waals surface area contributed by atoms with E-state index < -0.39 is 0 Å². The van der Waals surface area contributed by atoms with Gasteiger partial charge in [-0.15, -0.1) is 0 Å². The van der Waals surface area contributed by atoms with Crippen molar-refractivity contribution in [1.82, 2.24) is 19.7 Å². The molecule has 4 rings (SSSR count). The van der Waals surface area contributed by atoms with Gasteiger partial charge in [0.05, 0.1) is 11.4 Å². The highest BCUT2D eigenvalue weighted by Crippen LogP contribution is 2.26. The van der Waals surface area contributed by atoms with Crippen LogP contribution in [0.1, 0.15) is 49.3 Å². The number of amides is 1. The number of pyridine rings is 1. The molecule has 0 saturated carbocycles. The zero-order valence-corrected chi connectivity index (χ0v) is 15.5. The fourth-order valence-corrected chi connectivity index (χ4v) is 3.97. The van der Waals surface area contributed by atoms with E-state index >= 15 is 0 Å². The molecule has 0 spiro atoms. The van der Waals surface area contributed by atoms with Crippen LogP contribution in [-0.2, 0) is 0 Å². The fourth-order valence-electron chi connectivity index (χ4n) is 3.97. The molecule has 0 unspecified atom stereocenters. The van der Waals surface area contributed by atoms with Gasteiger partial charge in [-0.05, 0) is 64.3 Å². The predicted molar refractivity (Wildman–Crippen MR) is 103 cm³/mol. The normalized spacial score (nSPS) is 20.5. The van der Waals surface area contributed by atoms with E-state index in [-0.39, 0.29) is 18.0 Å². The Morgan fingerprint density at radius 2 is 1.73 bits per heavy atom. The number of para-hydroxylation sites is 1. The van der Waals surface area contributed by atoms with Gasteiger partial charge in [-0.25, -0.2) is 9.67 Å². The molecule has 1 saturated heterocycles. The molecule has 1 fully saturated rings. The monoisotopic (exact) mass is 348 g/mol. The van der Waals surface area contributed by atoms with Crippen molar-refractivity contribution in [2.24, 2.45) is 0 Å². The van der Waals surface area contributed by atoms with Crippen molar-refractivity contribution < 1.29 is 4.79 Å². The summed E-state index contributed by atoms with van der Waals surface area (Å²) in [4.78, 5) is 19.9. The van der Waals surface area contributed by atoms with Crippen LogP contribution in [0.25, 0.3) is 16.7 Å². The second kappa shape index (κ2) is 6.56. The van der Waals surface area contributed by atoms with Gasteiger partial charge in [0.2, 0.25) is 0 Å². The van der Waals surface area contributed by atoms with Crippen LogP contribution in [0.15, 0.2) is 42.5 Å². The van der Waals surface area contributed by atoms with Crippen molar-refractivity contribution in [3.8, 4) is 5.69 Å². The fraction of sp³-hybridized carbons (Fsp3) is 0.381. The summed E-state index contributed by atoms with van der Waals surface area (Å²) in [5.74, 6) is 0.0186. The van der Waals surface area contributed by atoms with Crippen molar-refractivity contribution in [2.45, 2.75) is 52.1 Å². The molecule has 0 aliphatic carbocycles. The van der Waals surface area contributed by atoms with E-state index in [1.807, 2.05) is 59.0 Å². The maximum absolute atomic E-state index is 13.2. The summed E-state index contributed by atoms with van der Waals surface area (Å²) in [6, 6.07) is 14.2. The Balaban J connectivity index is 1.79.